The molecule has 0 radical (unpaired) electrons. The first-order valence-electron chi connectivity index (χ1n) is 8.85. The molecule has 24 heavy (non-hydrogen) atoms. The van der Waals surface area contributed by atoms with E-state index in [-0.39, 0.29) is 5.91 Å². The highest BCUT2D eigenvalue weighted by Crippen LogP contribution is 2.33. The number of hydrogen-bond donors (Lipinski definition) is 1. The van der Waals surface area contributed by atoms with Gasteiger partial charge in [-0.05, 0) is 44.0 Å². The molecule has 0 spiro atoms. The summed E-state index contributed by atoms with van der Waals surface area (Å²) in [7, 11) is 1.68. The van der Waals surface area contributed by atoms with E-state index < -0.39 is 5.41 Å². The Kier molecular flexibility index (Phi) is 7.53. The minimum atomic E-state index is -0.408. The summed E-state index contributed by atoms with van der Waals surface area (Å²) in [6.07, 6.45) is 3.71. The largest absolute Gasteiger partial charge is 0.384 e. The summed E-state index contributed by atoms with van der Waals surface area (Å²) in [5.41, 5.74) is 0.597. The van der Waals surface area contributed by atoms with E-state index in [0.29, 0.717) is 13.2 Å². The quantitative estimate of drug-likeness (QED) is 0.778. The second-order valence-corrected chi connectivity index (χ2v) is 7.04. The van der Waals surface area contributed by atoms with Crippen molar-refractivity contribution in [3.8, 4) is 0 Å². The fraction of sp³-hybridized carbons (Fsp3) is 0.632. The molecule has 1 aliphatic rings. The zero-order valence-corrected chi connectivity index (χ0v) is 15.6. The first-order valence-corrected chi connectivity index (χ1v) is 9.23. The number of carbonyl (C=O) groups excluding carboxylic acids is 1. The third-order valence-electron chi connectivity index (χ3n) is 4.82. The van der Waals surface area contributed by atoms with Crippen LogP contribution in [0.4, 0.5) is 0 Å². The maximum absolute atomic E-state index is 13.4. The van der Waals surface area contributed by atoms with Gasteiger partial charge in [-0.25, -0.2) is 0 Å². The van der Waals surface area contributed by atoms with Crippen molar-refractivity contribution < 1.29 is 9.53 Å². The zero-order chi connectivity index (χ0) is 17.4. The molecule has 1 fully saturated rings. The lowest BCUT2D eigenvalue weighted by Crippen LogP contribution is -2.51. The topological polar surface area (TPSA) is 41.6 Å². The predicted molar refractivity (Wildman–Crippen MR) is 98.2 cm³/mol. The van der Waals surface area contributed by atoms with Gasteiger partial charge in [0.1, 0.15) is 0 Å². The van der Waals surface area contributed by atoms with Crippen molar-refractivity contribution >= 4 is 17.5 Å². The molecule has 4 nitrogen and oxygen atoms in total. The van der Waals surface area contributed by atoms with Gasteiger partial charge in [0.25, 0.3) is 0 Å². The molecule has 1 aliphatic heterocycles. The Morgan fingerprint density at radius 3 is 2.67 bits per heavy atom. The molecular formula is C19H29ClN2O2. The number of ether oxygens (including phenoxy) is 1. The zero-order valence-electron chi connectivity index (χ0n) is 14.8. The third-order valence-corrected chi connectivity index (χ3v) is 5.19. The van der Waals surface area contributed by atoms with Gasteiger partial charge in [-0.3, -0.25) is 4.79 Å². The van der Waals surface area contributed by atoms with E-state index in [1.807, 2.05) is 29.2 Å². The van der Waals surface area contributed by atoms with Crippen LogP contribution in [0.1, 0.15) is 38.2 Å². The number of rotatable bonds is 8. The summed E-state index contributed by atoms with van der Waals surface area (Å²) in [6.45, 7) is 5.69. The minimum Gasteiger partial charge on any atom is -0.384 e. The summed E-state index contributed by atoms with van der Waals surface area (Å²) in [5, 5.41) is 4.07. The predicted octanol–water partition coefficient (Wildman–Crippen LogP) is 3.48. The second kappa shape index (κ2) is 9.40. The van der Waals surface area contributed by atoms with Gasteiger partial charge in [-0.15, -0.1) is 0 Å². The Morgan fingerprint density at radius 1 is 1.33 bits per heavy atom. The molecule has 134 valence electrons. The Labute approximate surface area is 150 Å². The molecule has 1 aromatic carbocycles. The number of methoxy groups -OCH3 is 1. The average Bonchev–Trinajstić information content (AvgIpc) is 2.60. The van der Waals surface area contributed by atoms with E-state index in [1.54, 1.807) is 7.11 Å². The Morgan fingerprint density at radius 2 is 2.04 bits per heavy atom. The van der Waals surface area contributed by atoms with E-state index in [9.17, 15) is 4.79 Å². The molecule has 1 aromatic rings. The number of piperidine rings is 1. The van der Waals surface area contributed by atoms with E-state index in [0.717, 1.165) is 55.9 Å². The maximum atomic E-state index is 13.4. The summed E-state index contributed by atoms with van der Waals surface area (Å²) in [5.74, 6) is 0.208. The molecular weight excluding hydrogens is 324 g/mol. The number of hydrogen-bond acceptors (Lipinski definition) is 3. The van der Waals surface area contributed by atoms with Crippen molar-refractivity contribution in [1.82, 2.24) is 10.2 Å². The minimum absolute atomic E-state index is 0.208. The van der Waals surface area contributed by atoms with Crippen LogP contribution in [0.15, 0.2) is 24.3 Å². The highest BCUT2D eigenvalue weighted by atomic mass is 35.5. The number of nitrogens with one attached hydrogen (secondary N) is 1. The van der Waals surface area contributed by atoms with Crippen LogP contribution in [0, 0.1) is 5.41 Å². The number of carbonyl (C=O) groups is 1. The molecule has 0 aromatic heterocycles. The Hall–Kier alpha value is -1.10. The van der Waals surface area contributed by atoms with Gasteiger partial charge in [-0.1, -0.05) is 43.1 Å². The number of halogens is 1. The Bertz CT molecular complexity index is 524. The normalized spacial score (nSPS) is 16.8. The molecule has 5 heteroatoms. The van der Waals surface area contributed by atoms with Crippen LogP contribution in [-0.2, 0) is 16.1 Å². The molecule has 1 N–H and O–H groups in total. The maximum Gasteiger partial charge on any atom is 0.231 e. The summed E-state index contributed by atoms with van der Waals surface area (Å²) < 4.78 is 5.43. The van der Waals surface area contributed by atoms with Crippen molar-refractivity contribution in [2.75, 3.05) is 33.4 Å². The van der Waals surface area contributed by atoms with Crippen LogP contribution >= 0.6 is 11.6 Å². The van der Waals surface area contributed by atoms with Crippen LogP contribution < -0.4 is 5.32 Å². The van der Waals surface area contributed by atoms with Crippen molar-refractivity contribution in [3.63, 3.8) is 0 Å². The van der Waals surface area contributed by atoms with Crippen LogP contribution in [0.2, 0.25) is 5.02 Å². The molecule has 0 saturated carbocycles. The van der Waals surface area contributed by atoms with Gasteiger partial charge in [0.05, 0.1) is 12.0 Å². The number of amides is 1. The van der Waals surface area contributed by atoms with Crippen molar-refractivity contribution in [3.05, 3.63) is 34.9 Å². The monoisotopic (exact) mass is 352 g/mol. The number of nitrogens with zero attached hydrogens (tertiary/aromatic N) is 1. The fourth-order valence-corrected chi connectivity index (χ4v) is 3.57. The van der Waals surface area contributed by atoms with Crippen LogP contribution in [0.25, 0.3) is 0 Å². The second-order valence-electron chi connectivity index (χ2n) is 6.64. The molecule has 0 atom stereocenters. The highest BCUT2D eigenvalue weighted by Gasteiger charge is 2.42. The molecule has 1 saturated heterocycles. The molecule has 2 rings (SSSR count). The number of unbranched alkanes of at least 4 members (excludes halogenated alkanes) is 1. The van der Waals surface area contributed by atoms with Crippen molar-refractivity contribution in [2.45, 2.75) is 39.2 Å². The molecule has 0 bridgehead atoms. The van der Waals surface area contributed by atoms with Gasteiger partial charge in [0.2, 0.25) is 5.91 Å². The number of benzene rings is 1. The smallest absolute Gasteiger partial charge is 0.231 e. The van der Waals surface area contributed by atoms with Gasteiger partial charge in [0, 0.05) is 25.2 Å². The van der Waals surface area contributed by atoms with E-state index >= 15 is 0 Å². The SMILES string of the molecule is CCCCN(Cc1ccccc1Cl)C(=O)C1(COC)CCNCC1. The van der Waals surface area contributed by atoms with Gasteiger partial charge < -0.3 is 15.0 Å². The van der Waals surface area contributed by atoms with Crippen LogP contribution in [-0.4, -0.2) is 44.2 Å². The van der Waals surface area contributed by atoms with Crippen LogP contribution in [0.3, 0.4) is 0 Å². The first kappa shape index (κ1) is 19.2. The van der Waals surface area contributed by atoms with E-state index in [4.69, 9.17) is 16.3 Å². The Balaban J connectivity index is 2.21. The van der Waals surface area contributed by atoms with Crippen LogP contribution in [0.5, 0.6) is 0 Å². The average molecular weight is 353 g/mol. The summed E-state index contributed by atoms with van der Waals surface area (Å²) in [4.78, 5) is 15.4. The third kappa shape index (κ3) is 4.71. The highest BCUT2D eigenvalue weighted by molar-refractivity contribution is 6.31. The van der Waals surface area contributed by atoms with E-state index in [1.165, 1.54) is 0 Å². The summed E-state index contributed by atoms with van der Waals surface area (Å²) >= 11 is 6.32. The fourth-order valence-electron chi connectivity index (χ4n) is 3.37. The summed E-state index contributed by atoms with van der Waals surface area (Å²) in [6, 6.07) is 7.77. The molecule has 0 unspecified atom stereocenters. The van der Waals surface area contributed by atoms with Crippen molar-refractivity contribution in [2.24, 2.45) is 5.41 Å². The van der Waals surface area contributed by atoms with E-state index in [2.05, 4.69) is 12.2 Å². The molecule has 1 heterocycles. The van der Waals surface area contributed by atoms with Gasteiger partial charge in [0.15, 0.2) is 0 Å². The standard InChI is InChI=1S/C19H29ClN2O2/c1-3-4-13-22(14-16-7-5-6-8-17(16)20)18(23)19(15-24-2)9-11-21-12-10-19/h5-8,21H,3-4,9-15H2,1-2H3. The lowest BCUT2D eigenvalue weighted by Gasteiger charge is -2.39. The van der Waals surface area contributed by atoms with Crippen molar-refractivity contribution in [1.29, 1.82) is 0 Å². The lowest BCUT2D eigenvalue weighted by atomic mass is 9.78. The first-order chi connectivity index (χ1) is 11.6. The molecule has 0 aliphatic carbocycles. The molecule has 1 amide bonds. The lowest BCUT2D eigenvalue weighted by molar-refractivity contribution is -0.148. The van der Waals surface area contributed by atoms with Gasteiger partial charge >= 0.3 is 0 Å². The van der Waals surface area contributed by atoms with Gasteiger partial charge in [-0.2, -0.15) is 0 Å².